The maximum atomic E-state index is 13.5. The van der Waals surface area contributed by atoms with E-state index in [2.05, 4.69) is 15.4 Å². The van der Waals surface area contributed by atoms with Gasteiger partial charge in [0, 0.05) is 12.3 Å². The highest BCUT2D eigenvalue weighted by Crippen LogP contribution is 2.36. The van der Waals surface area contributed by atoms with Crippen LogP contribution in [-0.2, 0) is 12.4 Å². The van der Waals surface area contributed by atoms with Crippen LogP contribution in [0.5, 0.6) is 0 Å². The molecule has 3 aromatic rings. The number of benzene rings is 1. The molecule has 1 atom stereocenters. The maximum Gasteiger partial charge on any atom is 0.418 e. The van der Waals surface area contributed by atoms with E-state index in [0.29, 0.717) is 12.1 Å². The van der Waals surface area contributed by atoms with Crippen molar-refractivity contribution in [2.45, 2.75) is 18.4 Å². The Balaban J connectivity index is 2.08. The van der Waals surface area contributed by atoms with E-state index >= 15 is 0 Å². The van der Waals surface area contributed by atoms with Gasteiger partial charge in [0.25, 0.3) is 11.5 Å². The number of rotatable bonds is 4. The average molecular weight is 442 g/mol. The first-order valence-corrected chi connectivity index (χ1v) is 8.52. The van der Waals surface area contributed by atoms with Crippen LogP contribution in [0.15, 0.2) is 59.5 Å². The van der Waals surface area contributed by atoms with E-state index in [4.69, 9.17) is 0 Å². The Morgan fingerprint density at radius 1 is 0.935 bits per heavy atom. The van der Waals surface area contributed by atoms with Gasteiger partial charge < -0.3 is 5.32 Å². The summed E-state index contributed by atoms with van der Waals surface area (Å²) in [5, 5.41) is 7.79. The molecule has 0 aliphatic rings. The topological polar surface area (TPSA) is 87.7 Å². The van der Waals surface area contributed by atoms with Crippen LogP contribution in [0.4, 0.5) is 26.3 Å². The van der Waals surface area contributed by atoms with Crippen molar-refractivity contribution in [3.05, 3.63) is 93.2 Å². The normalized spacial score (nSPS) is 13.0. The number of aromatic amines is 1. The third kappa shape index (κ3) is 5.08. The number of nitrogens with zero attached hydrogens (tertiary/aromatic N) is 2. The van der Waals surface area contributed by atoms with Gasteiger partial charge in [-0.3, -0.25) is 14.6 Å². The van der Waals surface area contributed by atoms with Crippen LogP contribution >= 0.6 is 0 Å². The number of H-pyrrole nitrogens is 1. The second-order valence-corrected chi connectivity index (χ2v) is 6.27. The van der Waals surface area contributed by atoms with Crippen molar-refractivity contribution in [1.29, 1.82) is 0 Å². The van der Waals surface area contributed by atoms with E-state index in [0.717, 1.165) is 42.6 Å². The molecule has 0 saturated heterocycles. The quantitative estimate of drug-likeness (QED) is 0.603. The molecule has 31 heavy (non-hydrogen) atoms. The zero-order valence-electron chi connectivity index (χ0n) is 15.3. The molecule has 12 heteroatoms. The summed E-state index contributed by atoms with van der Waals surface area (Å²) >= 11 is 0. The fraction of sp³-hybridized carbons (Fsp3) is 0.158. The molecule has 2 heterocycles. The van der Waals surface area contributed by atoms with Crippen LogP contribution in [0.1, 0.15) is 38.9 Å². The van der Waals surface area contributed by atoms with Crippen LogP contribution in [0.25, 0.3) is 0 Å². The molecule has 2 aromatic heterocycles. The molecule has 0 aliphatic heterocycles. The van der Waals surface area contributed by atoms with Gasteiger partial charge in [0.05, 0.1) is 22.9 Å². The molecular weight excluding hydrogens is 430 g/mol. The van der Waals surface area contributed by atoms with E-state index in [9.17, 15) is 35.9 Å². The van der Waals surface area contributed by atoms with E-state index in [1.54, 1.807) is 0 Å². The van der Waals surface area contributed by atoms with E-state index in [1.165, 1.54) is 0 Å². The number of aromatic nitrogens is 3. The number of nitrogens with one attached hydrogen (secondary N) is 2. The van der Waals surface area contributed by atoms with Crippen molar-refractivity contribution in [2.24, 2.45) is 0 Å². The lowest BCUT2D eigenvalue weighted by Gasteiger charge is -2.22. The third-order valence-corrected chi connectivity index (χ3v) is 4.18. The Hall–Kier alpha value is -3.70. The van der Waals surface area contributed by atoms with Crippen molar-refractivity contribution < 1.29 is 31.1 Å². The minimum absolute atomic E-state index is 0.0741. The number of pyridine rings is 1. The molecule has 0 saturated carbocycles. The lowest BCUT2D eigenvalue weighted by Crippen LogP contribution is -2.32. The average Bonchev–Trinajstić information content (AvgIpc) is 2.71. The Labute approximate surface area is 169 Å². The Morgan fingerprint density at radius 2 is 1.61 bits per heavy atom. The molecule has 0 bridgehead atoms. The van der Waals surface area contributed by atoms with E-state index in [-0.39, 0.29) is 11.3 Å². The predicted molar refractivity (Wildman–Crippen MR) is 94.8 cm³/mol. The number of carbonyl (C=O) groups excluding carboxylic acids is 1. The summed E-state index contributed by atoms with van der Waals surface area (Å²) in [6.07, 6.45) is -8.43. The molecule has 1 aromatic carbocycles. The van der Waals surface area contributed by atoms with Crippen LogP contribution < -0.4 is 10.9 Å². The van der Waals surface area contributed by atoms with Gasteiger partial charge in [-0.15, -0.1) is 0 Å². The maximum absolute atomic E-state index is 13.5. The van der Waals surface area contributed by atoms with Crippen molar-refractivity contribution >= 4 is 5.91 Å². The minimum Gasteiger partial charge on any atom is -0.338 e. The Kier molecular flexibility index (Phi) is 5.82. The standard InChI is InChI=1S/C19H12F6N4O2/c20-18(21,22)11-5-3-10(4-6-11)15(16-12(19(23,24)25)2-1-9-26-16)27-17(31)13-7-8-14(30)29-28-13/h1-9,15H,(H,27,31)(H,29,30)/t15-/m0/s1. The second kappa shape index (κ2) is 8.20. The number of halogens is 6. The minimum atomic E-state index is -4.84. The summed E-state index contributed by atoms with van der Waals surface area (Å²) in [4.78, 5) is 27.3. The monoisotopic (exact) mass is 442 g/mol. The number of hydrogen-bond donors (Lipinski definition) is 2. The zero-order valence-corrected chi connectivity index (χ0v) is 15.3. The summed E-state index contributed by atoms with van der Waals surface area (Å²) in [5.41, 5.74) is -3.81. The van der Waals surface area contributed by atoms with Crippen molar-refractivity contribution in [1.82, 2.24) is 20.5 Å². The molecule has 0 aliphatic carbocycles. The van der Waals surface area contributed by atoms with Gasteiger partial charge in [0.1, 0.15) is 5.69 Å². The summed E-state index contributed by atoms with van der Waals surface area (Å²) in [7, 11) is 0. The molecule has 3 rings (SSSR count). The Morgan fingerprint density at radius 3 is 2.16 bits per heavy atom. The molecule has 0 spiro atoms. The van der Waals surface area contributed by atoms with Crippen molar-refractivity contribution in [3.63, 3.8) is 0 Å². The third-order valence-electron chi connectivity index (χ3n) is 4.18. The van der Waals surface area contributed by atoms with Gasteiger partial charge >= 0.3 is 12.4 Å². The molecule has 0 unspecified atom stereocenters. The predicted octanol–water partition coefficient (Wildman–Crippen LogP) is 3.72. The Bertz CT molecular complexity index is 1120. The van der Waals surface area contributed by atoms with Gasteiger partial charge in [0.15, 0.2) is 0 Å². The van der Waals surface area contributed by atoms with Gasteiger partial charge in [0.2, 0.25) is 0 Å². The fourth-order valence-corrected chi connectivity index (χ4v) is 2.74. The lowest BCUT2D eigenvalue weighted by atomic mass is 9.97. The van der Waals surface area contributed by atoms with Crippen LogP contribution in [0, 0.1) is 0 Å². The lowest BCUT2D eigenvalue weighted by molar-refractivity contribution is -0.139. The smallest absolute Gasteiger partial charge is 0.338 e. The zero-order chi connectivity index (χ0) is 22.8. The van der Waals surface area contributed by atoms with Crippen LogP contribution in [-0.4, -0.2) is 21.1 Å². The molecular formula is C19H12F6N4O2. The first-order chi connectivity index (χ1) is 14.5. The first-order valence-electron chi connectivity index (χ1n) is 8.52. The van der Waals surface area contributed by atoms with Crippen LogP contribution in [0.3, 0.4) is 0 Å². The van der Waals surface area contributed by atoms with Gasteiger partial charge in [-0.2, -0.15) is 31.4 Å². The fourth-order valence-electron chi connectivity index (χ4n) is 2.74. The highest BCUT2D eigenvalue weighted by atomic mass is 19.4. The SMILES string of the molecule is O=C(N[C@@H](c1ccc(C(F)(F)F)cc1)c1ncccc1C(F)(F)F)c1ccc(=O)[nH]n1. The molecule has 2 N–H and O–H groups in total. The molecule has 162 valence electrons. The number of carbonyl (C=O) groups is 1. The summed E-state index contributed by atoms with van der Waals surface area (Å²) in [6, 6.07) is 5.52. The van der Waals surface area contributed by atoms with Gasteiger partial charge in [-0.25, -0.2) is 5.10 Å². The summed E-state index contributed by atoms with van der Waals surface area (Å²) in [5.74, 6) is -0.972. The van der Waals surface area contributed by atoms with Crippen molar-refractivity contribution in [3.8, 4) is 0 Å². The first kappa shape index (κ1) is 22.0. The van der Waals surface area contributed by atoms with Crippen molar-refractivity contribution in [2.75, 3.05) is 0 Å². The molecule has 6 nitrogen and oxygen atoms in total. The molecule has 0 radical (unpaired) electrons. The van der Waals surface area contributed by atoms with Gasteiger partial charge in [-0.05, 0) is 35.9 Å². The largest absolute Gasteiger partial charge is 0.418 e. The molecule has 1 amide bonds. The number of hydrogen-bond acceptors (Lipinski definition) is 4. The summed E-state index contributed by atoms with van der Waals surface area (Å²) in [6.45, 7) is 0. The molecule has 0 fully saturated rings. The highest BCUT2D eigenvalue weighted by Gasteiger charge is 2.37. The number of alkyl halides is 6. The number of amides is 1. The van der Waals surface area contributed by atoms with E-state index < -0.39 is 46.7 Å². The summed E-state index contributed by atoms with van der Waals surface area (Å²) < 4.78 is 79.1. The van der Waals surface area contributed by atoms with Gasteiger partial charge in [-0.1, -0.05) is 12.1 Å². The second-order valence-electron chi connectivity index (χ2n) is 6.27. The van der Waals surface area contributed by atoms with E-state index in [1.807, 2.05) is 5.10 Å². The highest BCUT2D eigenvalue weighted by molar-refractivity contribution is 5.92. The van der Waals surface area contributed by atoms with Crippen LogP contribution in [0.2, 0.25) is 0 Å².